The third-order valence-corrected chi connectivity index (χ3v) is 5.41. The lowest BCUT2D eigenvalue weighted by Gasteiger charge is -2.40. The molecular formula is C17H18NO4+. The Labute approximate surface area is 128 Å². The number of benzene rings is 1. The molecule has 1 aromatic rings. The smallest absolute Gasteiger partial charge is 0.297 e. The van der Waals surface area contributed by atoms with Crippen LogP contribution in [0.5, 0.6) is 11.5 Å². The van der Waals surface area contributed by atoms with Crippen LogP contribution in [0.25, 0.3) is 0 Å². The van der Waals surface area contributed by atoms with Crippen LogP contribution >= 0.6 is 0 Å². The minimum Gasteiger partial charge on any atom is -0.454 e. The van der Waals surface area contributed by atoms with Gasteiger partial charge in [-0.15, -0.1) is 0 Å². The van der Waals surface area contributed by atoms with E-state index < -0.39 is 11.8 Å². The van der Waals surface area contributed by atoms with Crippen LogP contribution in [0.1, 0.15) is 29.9 Å². The maximum absolute atomic E-state index is 10.3. The molecule has 5 rings (SSSR count). The van der Waals surface area contributed by atoms with Gasteiger partial charge >= 0.3 is 0 Å². The number of aliphatic hydroxyl groups is 1. The third kappa shape index (κ3) is 1.38. The van der Waals surface area contributed by atoms with Crippen molar-refractivity contribution in [2.24, 2.45) is 0 Å². The maximum atomic E-state index is 10.3. The van der Waals surface area contributed by atoms with Gasteiger partial charge in [-0.25, -0.2) is 4.58 Å². The first-order chi connectivity index (χ1) is 10.7. The molecule has 22 heavy (non-hydrogen) atoms. The minimum atomic E-state index is -0.445. The second-order valence-corrected chi connectivity index (χ2v) is 6.35. The van der Waals surface area contributed by atoms with E-state index in [1.165, 1.54) is 11.1 Å². The summed E-state index contributed by atoms with van der Waals surface area (Å²) in [6, 6.07) is 4.10. The number of hydrogen-bond acceptors (Lipinski definition) is 4. The first-order valence-electron chi connectivity index (χ1n) is 7.72. The van der Waals surface area contributed by atoms with Gasteiger partial charge in [-0.05, 0) is 30.2 Å². The van der Waals surface area contributed by atoms with Crippen molar-refractivity contribution in [1.29, 1.82) is 0 Å². The predicted octanol–water partition coefficient (Wildman–Crippen LogP) is 1.38. The van der Waals surface area contributed by atoms with Gasteiger partial charge in [0.1, 0.15) is 6.54 Å². The number of fused-ring (bicyclic) bond motifs is 3. The fourth-order valence-corrected chi connectivity index (χ4v) is 4.54. The minimum absolute atomic E-state index is 0.101. The average molecular weight is 300 g/mol. The van der Waals surface area contributed by atoms with Crippen LogP contribution in [0, 0.1) is 0 Å². The number of hydrogen-bond donors (Lipinski definition) is 1. The molecule has 1 saturated heterocycles. The zero-order chi connectivity index (χ0) is 14.9. The van der Waals surface area contributed by atoms with Crippen LogP contribution < -0.4 is 9.47 Å². The molecule has 0 bridgehead atoms. The highest BCUT2D eigenvalue weighted by atomic mass is 16.7. The van der Waals surface area contributed by atoms with Crippen molar-refractivity contribution < 1.29 is 23.9 Å². The van der Waals surface area contributed by atoms with Gasteiger partial charge in [0.25, 0.3) is 5.72 Å². The maximum Gasteiger partial charge on any atom is 0.297 e. The van der Waals surface area contributed by atoms with Crippen LogP contribution in [0.4, 0.5) is 0 Å². The molecule has 4 aliphatic rings. The number of aliphatic hydroxyl groups excluding tert-OH is 1. The molecule has 0 radical (unpaired) electrons. The Morgan fingerprint density at radius 1 is 1.32 bits per heavy atom. The largest absolute Gasteiger partial charge is 0.454 e. The Bertz CT molecular complexity index is 738. The Hall–Kier alpha value is -1.85. The lowest BCUT2D eigenvalue weighted by atomic mass is 9.73. The first kappa shape index (κ1) is 12.7. The third-order valence-electron chi connectivity index (χ3n) is 5.41. The van der Waals surface area contributed by atoms with Gasteiger partial charge in [-0.3, -0.25) is 0 Å². The molecule has 0 spiro atoms. The SMILES string of the molecule is COC12C3=CC(O)CC1c1cc4c(cc1C=[N+]2CC3)OCO4. The monoisotopic (exact) mass is 300 g/mol. The Morgan fingerprint density at radius 3 is 2.95 bits per heavy atom. The fourth-order valence-electron chi connectivity index (χ4n) is 4.54. The molecule has 3 aliphatic heterocycles. The highest BCUT2D eigenvalue weighted by Crippen LogP contribution is 2.52. The van der Waals surface area contributed by atoms with E-state index in [1.54, 1.807) is 7.11 Å². The summed E-state index contributed by atoms with van der Waals surface area (Å²) < 4.78 is 19.4. The average Bonchev–Trinajstić information content (AvgIpc) is 3.10. The van der Waals surface area contributed by atoms with Crippen LogP contribution in [-0.2, 0) is 4.74 Å². The summed E-state index contributed by atoms with van der Waals surface area (Å²) in [6.07, 6.45) is 5.31. The van der Waals surface area contributed by atoms with Gasteiger partial charge in [0.05, 0.1) is 12.0 Å². The van der Waals surface area contributed by atoms with Gasteiger partial charge in [0.15, 0.2) is 17.7 Å². The molecule has 0 saturated carbocycles. The molecule has 1 N–H and O–H groups in total. The van der Waals surface area contributed by atoms with Crippen molar-refractivity contribution in [2.45, 2.75) is 30.6 Å². The Morgan fingerprint density at radius 2 is 2.14 bits per heavy atom. The van der Waals surface area contributed by atoms with Crippen LogP contribution in [-0.4, -0.2) is 48.2 Å². The van der Waals surface area contributed by atoms with Crippen LogP contribution in [0.15, 0.2) is 23.8 Å². The predicted molar refractivity (Wildman–Crippen MR) is 78.7 cm³/mol. The normalized spacial score (nSPS) is 33.9. The van der Waals surface area contributed by atoms with Crippen molar-refractivity contribution in [3.05, 3.63) is 34.9 Å². The molecular weight excluding hydrogens is 282 g/mol. The molecule has 5 heteroatoms. The molecule has 3 heterocycles. The Balaban J connectivity index is 1.77. The quantitative estimate of drug-likeness (QED) is 0.629. The van der Waals surface area contributed by atoms with Crippen molar-refractivity contribution in [2.75, 3.05) is 20.4 Å². The van der Waals surface area contributed by atoms with E-state index in [9.17, 15) is 5.11 Å². The van der Waals surface area contributed by atoms with Crippen LogP contribution in [0.3, 0.4) is 0 Å². The fraction of sp³-hybridized carbons (Fsp3) is 0.471. The highest BCUT2D eigenvalue weighted by Gasteiger charge is 2.61. The van der Waals surface area contributed by atoms with Gasteiger partial charge in [0.2, 0.25) is 6.79 Å². The second-order valence-electron chi connectivity index (χ2n) is 6.35. The molecule has 1 aliphatic carbocycles. The van der Waals surface area contributed by atoms with Gasteiger partial charge < -0.3 is 19.3 Å². The summed E-state index contributed by atoms with van der Waals surface area (Å²) in [6.45, 7) is 1.19. The Kier molecular flexibility index (Phi) is 2.37. The highest BCUT2D eigenvalue weighted by molar-refractivity contribution is 5.82. The van der Waals surface area contributed by atoms with Crippen molar-refractivity contribution in [3.63, 3.8) is 0 Å². The lowest BCUT2D eigenvalue weighted by molar-refractivity contribution is -0.635. The summed E-state index contributed by atoms with van der Waals surface area (Å²) in [5.41, 5.74) is 3.06. The number of nitrogens with zero attached hydrogens (tertiary/aromatic N) is 1. The molecule has 0 amide bonds. The molecule has 1 fully saturated rings. The van der Waals surface area contributed by atoms with Gasteiger partial charge in [-0.1, -0.05) is 0 Å². The molecule has 1 aromatic carbocycles. The van der Waals surface area contributed by atoms with Crippen LogP contribution in [0.2, 0.25) is 0 Å². The number of methoxy groups -OCH3 is 1. The first-order valence-corrected chi connectivity index (χ1v) is 7.72. The summed E-state index contributed by atoms with van der Waals surface area (Å²) >= 11 is 0. The van der Waals surface area contributed by atoms with E-state index in [1.807, 2.05) is 12.1 Å². The topological polar surface area (TPSA) is 50.9 Å². The summed E-state index contributed by atoms with van der Waals surface area (Å²) in [5, 5.41) is 10.3. The van der Waals surface area contributed by atoms with Crippen molar-refractivity contribution in [1.82, 2.24) is 0 Å². The molecule has 3 unspecified atom stereocenters. The zero-order valence-electron chi connectivity index (χ0n) is 12.4. The molecule has 114 valence electrons. The van der Waals surface area contributed by atoms with E-state index in [0.29, 0.717) is 6.42 Å². The molecule has 0 aromatic heterocycles. The molecule has 5 nitrogen and oxygen atoms in total. The van der Waals surface area contributed by atoms with Crippen molar-refractivity contribution in [3.8, 4) is 11.5 Å². The summed E-state index contributed by atoms with van der Waals surface area (Å²) in [4.78, 5) is 0. The second kappa shape index (κ2) is 4.12. The summed E-state index contributed by atoms with van der Waals surface area (Å²) in [7, 11) is 1.77. The van der Waals surface area contributed by atoms with Gasteiger partial charge in [-0.2, -0.15) is 0 Å². The van der Waals surface area contributed by atoms with E-state index >= 15 is 0 Å². The lowest BCUT2D eigenvalue weighted by Crippen LogP contribution is -2.52. The van der Waals surface area contributed by atoms with E-state index in [-0.39, 0.29) is 12.7 Å². The van der Waals surface area contributed by atoms with E-state index in [0.717, 1.165) is 30.0 Å². The van der Waals surface area contributed by atoms with E-state index in [4.69, 9.17) is 14.2 Å². The van der Waals surface area contributed by atoms with Crippen molar-refractivity contribution >= 4 is 6.21 Å². The number of rotatable bonds is 1. The van der Waals surface area contributed by atoms with E-state index in [2.05, 4.69) is 16.9 Å². The van der Waals surface area contributed by atoms with Gasteiger partial charge in [0, 0.05) is 24.7 Å². The zero-order valence-corrected chi connectivity index (χ0v) is 12.4. The number of ether oxygens (including phenoxy) is 3. The summed E-state index contributed by atoms with van der Waals surface area (Å²) in [5.74, 6) is 1.69. The standard InChI is InChI=1S/C17H18NO4/c1-20-17-11-2-3-18(17)8-10-4-15-16(22-9-21-15)7-13(10)14(17)6-12(19)5-11/h4-5,7-8,12,14,19H,2-3,6,9H2,1H3/q+1. The molecule has 3 atom stereocenters.